The second-order valence-electron chi connectivity index (χ2n) is 6.27. The maximum Gasteiger partial charge on any atom is 0.411 e. The van der Waals surface area contributed by atoms with Crippen molar-refractivity contribution >= 4 is 35.3 Å². The number of nitrogens with zero attached hydrogens (tertiary/aromatic N) is 2. The molecule has 156 valence electrons. The van der Waals surface area contributed by atoms with Gasteiger partial charge in [-0.05, 0) is 18.6 Å². The van der Waals surface area contributed by atoms with Crippen molar-refractivity contribution in [3.8, 4) is 0 Å². The Labute approximate surface area is 166 Å². The Hall–Kier alpha value is -3.76. The minimum atomic E-state index is -0.922. The molecule has 11 nitrogen and oxygen atoms in total. The maximum absolute atomic E-state index is 12.5. The van der Waals surface area contributed by atoms with Crippen molar-refractivity contribution in [3.05, 3.63) is 35.9 Å². The minimum absolute atomic E-state index is 0.0296. The standard InChI is InChI=1S/C18H23N5O6/c1-22-9-11(7-13(22)16(26)19-6-4-5-15(24)25)20-17(27)14-8-12(10-23(14)2)21-18(28)29-3/h7-10H,4-6H2,1-3H3,(H,19,26)(H,20,27)(H,21,28)(H,24,25). The largest absolute Gasteiger partial charge is 0.481 e. The summed E-state index contributed by atoms with van der Waals surface area (Å²) in [5, 5.41) is 16.4. The molecule has 0 atom stereocenters. The number of carbonyl (C=O) groups excluding carboxylic acids is 3. The molecule has 29 heavy (non-hydrogen) atoms. The molecular weight excluding hydrogens is 382 g/mol. The Morgan fingerprint density at radius 2 is 1.52 bits per heavy atom. The number of ether oxygens (including phenoxy) is 1. The number of nitrogens with one attached hydrogen (secondary N) is 3. The molecule has 2 heterocycles. The van der Waals surface area contributed by atoms with Crippen molar-refractivity contribution in [1.29, 1.82) is 0 Å². The van der Waals surface area contributed by atoms with Crippen LogP contribution in [-0.4, -0.2) is 51.8 Å². The Bertz CT molecular complexity index is 929. The van der Waals surface area contributed by atoms with Gasteiger partial charge in [-0.25, -0.2) is 4.79 Å². The average Bonchev–Trinajstić information content (AvgIpc) is 3.20. The van der Waals surface area contributed by atoms with E-state index in [4.69, 9.17) is 5.11 Å². The minimum Gasteiger partial charge on any atom is -0.481 e. The zero-order valence-electron chi connectivity index (χ0n) is 16.3. The summed E-state index contributed by atoms with van der Waals surface area (Å²) in [7, 11) is 4.54. The van der Waals surface area contributed by atoms with Gasteiger partial charge in [0, 0.05) is 39.5 Å². The molecule has 11 heteroatoms. The monoisotopic (exact) mass is 405 g/mol. The van der Waals surface area contributed by atoms with Crippen molar-refractivity contribution in [1.82, 2.24) is 14.5 Å². The van der Waals surface area contributed by atoms with Crippen LogP contribution in [0.15, 0.2) is 24.5 Å². The second kappa shape index (κ2) is 9.44. The van der Waals surface area contributed by atoms with E-state index in [2.05, 4.69) is 20.7 Å². The number of carboxylic acid groups (broad SMARTS) is 1. The van der Waals surface area contributed by atoms with Gasteiger partial charge in [-0.1, -0.05) is 0 Å². The van der Waals surface area contributed by atoms with E-state index in [1.807, 2.05) is 0 Å². The van der Waals surface area contributed by atoms with Crippen LogP contribution in [0.1, 0.15) is 33.8 Å². The number of hydrogen-bond donors (Lipinski definition) is 4. The lowest BCUT2D eigenvalue weighted by Crippen LogP contribution is -2.26. The summed E-state index contributed by atoms with van der Waals surface area (Å²) in [6.07, 6.45) is 2.79. The van der Waals surface area contributed by atoms with Crippen LogP contribution in [0.25, 0.3) is 0 Å². The van der Waals surface area contributed by atoms with Crippen LogP contribution in [0.2, 0.25) is 0 Å². The van der Waals surface area contributed by atoms with E-state index < -0.39 is 18.0 Å². The molecule has 2 aromatic rings. The quantitative estimate of drug-likeness (QED) is 0.489. The third-order valence-corrected chi connectivity index (χ3v) is 4.02. The normalized spacial score (nSPS) is 10.3. The van der Waals surface area contributed by atoms with E-state index >= 15 is 0 Å². The van der Waals surface area contributed by atoms with Gasteiger partial charge in [-0.3, -0.25) is 19.7 Å². The summed E-state index contributed by atoms with van der Waals surface area (Å²) < 4.78 is 7.61. The van der Waals surface area contributed by atoms with Gasteiger partial charge in [-0.15, -0.1) is 0 Å². The summed E-state index contributed by atoms with van der Waals surface area (Å²) >= 11 is 0. The van der Waals surface area contributed by atoms with Crippen molar-refractivity contribution in [2.75, 3.05) is 24.3 Å². The third-order valence-electron chi connectivity index (χ3n) is 4.02. The van der Waals surface area contributed by atoms with Crippen molar-refractivity contribution in [2.24, 2.45) is 14.1 Å². The number of rotatable bonds is 8. The molecule has 0 aliphatic carbocycles. The maximum atomic E-state index is 12.5. The molecule has 0 unspecified atom stereocenters. The molecule has 4 N–H and O–H groups in total. The first-order chi connectivity index (χ1) is 13.7. The predicted molar refractivity (Wildman–Crippen MR) is 104 cm³/mol. The average molecular weight is 405 g/mol. The molecule has 0 saturated carbocycles. The van der Waals surface area contributed by atoms with Crippen LogP contribution < -0.4 is 16.0 Å². The van der Waals surface area contributed by atoms with Crippen molar-refractivity contribution in [2.45, 2.75) is 12.8 Å². The number of aliphatic carboxylic acids is 1. The zero-order chi connectivity index (χ0) is 21.6. The highest BCUT2D eigenvalue weighted by atomic mass is 16.5. The Kier molecular flexibility index (Phi) is 7.01. The Morgan fingerprint density at radius 3 is 2.07 bits per heavy atom. The molecule has 0 fully saturated rings. The molecule has 3 amide bonds. The lowest BCUT2D eigenvalue weighted by molar-refractivity contribution is -0.137. The van der Waals surface area contributed by atoms with Crippen LogP contribution in [0.3, 0.4) is 0 Å². The predicted octanol–water partition coefficient (Wildman–Crippen LogP) is 1.39. The fourth-order valence-corrected chi connectivity index (χ4v) is 2.61. The Balaban J connectivity index is 2.01. The molecule has 2 aromatic heterocycles. The van der Waals surface area contributed by atoms with E-state index in [0.717, 1.165) is 0 Å². The molecule has 0 aliphatic heterocycles. The highest BCUT2D eigenvalue weighted by Crippen LogP contribution is 2.17. The SMILES string of the molecule is COC(=O)Nc1cc(C(=O)Nc2cc(C(=O)NCCCC(=O)O)n(C)c2)n(C)c1. The van der Waals surface area contributed by atoms with Crippen LogP contribution in [-0.2, 0) is 23.6 Å². The summed E-state index contributed by atoms with van der Waals surface area (Å²) in [6, 6.07) is 3.01. The number of amides is 3. The van der Waals surface area contributed by atoms with Gasteiger partial charge < -0.3 is 29.6 Å². The van der Waals surface area contributed by atoms with Gasteiger partial charge in [0.2, 0.25) is 0 Å². The van der Waals surface area contributed by atoms with Crippen LogP contribution >= 0.6 is 0 Å². The van der Waals surface area contributed by atoms with Gasteiger partial charge in [-0.2, -0.15) is 0 Å². The summed E-state index contributed by atoms with van der Waals surface area (Å²) in [5.41, 5.74) is 1.42. The fraction of sp³-hybridized carbons (Fsp3) is 0.333. The molecule has 0 saturated heterocycles. The van der Waals surface area contributed by atoms with Crippen LogP contribution in [0, 0.1) is 0 Å². The van der Waals surface area contributed by atoms with Crippen LogP contribution in [0.5, 0.6) is 0 Å². The summed E-state index contributed by atoms with van der Waals surface area (Å²) in [4.78, 5) is 46.5. The van der Waals surface area contributed by atoms with Gasteiger partial charge in [0.1, 0.15) is 11.4 Å². The molecule has 2 rings (SSSR count). The number of aromatic nitrogens is 2. The Morgan fingerprint density at radius 1 is 0.966 bits per heavy atom. The van der Waals surface area contributed by atoms with Gasteiger partial charge in [0.25, 0.3) is 11.8 Å². The molecule has 0 spiro atoms. The highest BCUT2D eigenvalue weighted by Gasteiger charge is 2.17. The zero-order valence-corrected chi connectivity index (χ0v) is 16.3. The molecule has 0 aromatic carbocycles. The number of carbonyl (C=O) groups is 4. The van der Waals surface area contributed by atoms with E-state index in [-0.39, 0.29) is 18.9 Å². The smallest absolute Gasteiger partial charge is 0.411 e. The molecule has 0 radical (unpaired) electrons. The fourth-order valence-electron chi connectivity index (χ4n) is 2.61. The number of carboxylic acids is 1. The van der Waals surface area contributed by atoms with Gasteiger partial charge >= 0.3 is 12.1 Å². The van der Waals surface area contributed by atoms with Gasteiger partial charge in [0.05, 0.1) is 18.5 Å². The van der Waals surface area contributed by atoms with Crippen molar-refractivity contribution < 1.29 is 29.0 Å². The second-order valence-corrected chi connectivity index (χ2v) is 6.27. The molecule has 0 aliphatic rings. The first kappa shape index (κ1) is 21.5. The number of aryl methyl sites for hydroxylation is 2. The number of hydrogen-bond acceptors (Lipinski definition) is 5. The molecule has 0 bridgehead atoms. The van der Waals surface area contributed by atoms with Gasteiger partial charge in [0.15, 0.2) is 0 Å². The lowest BCUT2D eigenvalue weighted by atomic mass is 10.3. The summed E-state index contributed by atoms with van der Waals surface area (Å²) in [5.74, 6) is -1.72. The van der Waals surface area contributed by atoms with E-state index in [0.29, 0.717) is 29.2 Å². The third kappa shape index (κ3) is 5.86. The summed E-state index contributed by atoms with van der Waals surface area (Å²) in [6.45, 7) is 0.233. The first-order valence-electron chi connectivity index (χ1n) is 8.70. The van der Waals surface area contributed by atoms with E-state index in [1.54, 1.807) is 35.6 Å². The highest BCUT2D eigenvalue weighted by molar-refractivity contribution is 6.05. The lowest BCUT2D eigenvalue weighted by Gasteiger charge is -2.04. The topological polar surface area (TPSA) is 144 Å². The number of anilines is 2. The van der Waals surface area contributed by atoms with Crippen LogP contribution in [0.4, 0.5) is 16.2 Å². The number of methoxy groups -OCH3 is 1. The van der Waals surface area contributed by atoms with E-state index in [1.165, 1.54) is 19.2 Å². The van der Waals surface area contributed by atoms with E-state index in [9.17, 15) is 19.2 Å². The van der Waals surface area contributed by atoms with Crippen molar-refractivity contribution in [3.63, 3.8) is 0 Å². The molecular formula is C18H23N5O6. The first-order valence-corrected chi connectivity index (χ1v) is 8.70.